The molecule has 1 aliphatic heterocycles. The van der Waals surface area contributed by atoms with E-state index in [2.05, 4.69) is 22.5 Å². The molecule has 0 aromatic heterocycles. The third-order valence-electron chi connectivity index (χ3n) is 3.87. The number of rotatable bonds is 7. The number of nitrogens with zero attached hydrogens (tertiary/aromatic N) is 1. The predicted octanol–water partition coefficient (Wildman–Crippen LogP) is 1.97. The standard InChI is InChI=1S/C17H27N3O2.HI/c1-3-18-16(20-11-17(2)12-22-13-17)19-9-15(10-21)14-7-5-4-6-8-14;/h4-8,15,21H,3,9-13H2,1-2H3,(H2,18,19,20);1H. The first-order chi connectivity index (χ1) is 10.7. The summed E-state index contributed by atoms with van der Waals surface area (Å²) >= 11 is 0. The molecule has 1 fully saturated rings. The van der Waals surface area contributed by atoms with E-state index in [1.165, 1.54) is 0 Å². The molecule has 23 heavy (non-hydrogen) atoms. The van der Waals surface area contributed by atoms with E-state index in [0.717, 1.165) is 37.8 Å². The first kappa shape index (κ1) is 20.2. The molecule has 0 bridgehead atoms. The van der Waals surface area contributed by atoms with Gasteiger partial charge < -0.3 is 20.5 Å². The molecular weight excluding hydrogens is 405 g/mol. The first-order valence-corrected chi connectivity index (χ1v) is 7.92. The maximum Gasteiger partial charge on any atom is 0.191 e. The number of nitrogens with one attached hydrogen (secondary N) is 2. The Labute approximate surface area is 155 Å². The quantitative estimate of drug-likeness (QED) is 0.350. The number of aliphatic imine (C=N–C) groups is 1. The largest absolute Gasteiger partial charge is 0.396 e. The Balaban J connectivity index is 0.00000264. The highest BCUT2D eigenvalue weighted by molar-refractivity contribution is 14.0. The topological polar surface area (TPSA) is 65.9 Å². The molecule has 1 aromatic carbocycles. The highest BCUT2D eigenvalue weighted by Gasteiger charge is 2.33. The Hall–Kier alpha value is -0.860. The van der Waals surface area contributed by atoms with Crippen LogP contribution in [-0.4, -0.2) is 50.5 Å². The molecule has 1 heterocycles. The monoisotopic (exact) mass is 433 g/mol. The van der Waals surface area contributed by atoms with Crippen molar-refractivity contribution in [1.82, 2.24) is 10.6 Å². The summed E-state index contributed by atoms with van der Waals surface area (Å²) in [6.45, 7) is 8.11. The zero-order valence-electron chi connectivity index (χ0n) is 13.9. The summed E-state index contributed by atoms with van der Waals surface area (Å²) in [6.07, 6.45) is 0. The summed E-state index contributed by atoms with van der Waals surface area (Å²) in [6, 6.07) is 10.1. The normalized spacial score (nSPS) is 17.6. The maximum absolute atomic E-state index is 9.61. The second-order valence-electron chi connectivity index (χ2n) is 6.17. The van der Waals surface area contributed by atoms with E-state index in [0.29, 0.717) is 6.54 Å². The molecule has 0 aliphatic carbocycles. The van der Waals surface area contributed by atoms with Crippen LogP contribution in [0.4, 0.5) is 0 Å². The van der Waals surface area contributed by atoms with E-state index < -0.39 is 0 Å². The van der Waals surface area contributed by atoms with Gasteiger partial charge in [0.05, 0.1) is 26.4 Å². The van der Waals surface area contributed by atoms with E-state index in [-0.39, 0.29) is 41.9 Å². The lowest BCUT2D eigenvalue weighted by molar-refractivity contribution is -0.0945. The van der Waals surface area contributed by atoms with Crippen LogP contribution >= 0.6 is 24.0 Å². The molecule has 3 N–H and O–H groups in total. The zero-order valence-corrected chi connectivity index (χ0v) is 16.2. The average Bonchev–Trinajstić information content (AvgIpc) is 2.52. The average molecular weight is 433 g/mol. The molecule has 1 aliphatic rings. The number of guanidine groups is 1. The third kappa shape index (κ3) is 6.27. The van der Waals surface area contributed by atoms with Crippen molar-refractivity contribution in [2.75, 3.05) is 39.5 Å². The molecule has 1 atom stereocenters. The van der Waals surface area contributed by atoms with Crippen molar-refractivity contribution < 1.29 is 9.84 Å². The first-order valence-electron chi connectivity index (χ1n) is 7.92. The van der Waals surface area contributed by atoms with Gasteiger partial charge in [0.2, 0.25) is 0 Å². The molecule has 0 amide bonds. The van der Waals surface area contributed by atoms with Gasteiger partial charge in [-0.25, -0.2) is 0 Å². The van der Waals surface area contributed by atoms with Crippen molar-refractivity contribution >= 4 is 29.9 Å². The van der Waals surface area contributed by atoms with Gasteiger partial charge in [-0.2, -0.15) is 0 Å². The van der Waals surface area contributed by atoms with Gasteiger partial charge in [0.25, 0.3) is 0 Å². The molecule has 130 valence electrons. The van der Waals surface area contributed by atoms with E-state index >= 15 is 0 Å². The van der Waals surface area contributed by atoms with Crippen LogP contribution in [0, 0.1) is 5.41 Å². The van der Waals surface area contributed by atoms with Crippen molar-refractivity contribution in [2.45, 2.75) is 19.8 Å². The number of ether oxygens (including phenoxy) is 1. The van der Waals surface area contributed by atoms with Crippen LogP contribution in [0.15, 0.2) is 35.3 Å². The van der Waals surface area contributed by atoms with Crippen molar-refractivity contribution in [2.24, 2.45) is 10.4 Å². The van der Waals surface area contributed by atoms with Gasteiger partial charge in [-0.05, 0) is 12.5 Å². The molecule has 1 aromatic rings. The van der Waals surface area contributed by atoms with Crippen molar-refractivity contribution in [3.8, 4) is 0 Å². The molecule has 6 heteroatoms. The fourth-order valence-electron chi connectivity index (χ4n) is 2.39. The van der Waals surface area contributed by atoms with Crippen LogP contribution in [0.3, 0.4) is 0 Å². The number of aliphatic hydroxyl groups is 1. The Morgan fingerprint density at radius 2 is 2.00 bits per heavy atom. The molecule has 0 saturated carbocycles. The maximum atomic E-state index is 9.61. The second kappa shape index (κ2) is 10.1. The van der Waals surface area contributed by atoms with Gasteiger partial charge in [0.15, 0.2) is 5.96 Å². The molecular formula is C17H28IN3O2. The van der Waals surface area contributed by atoms with Crippen LogP contribution in [0.1, 0.15) is 25.3 Å². The van der Waals surface area contributed by atoms with Crippen molar-refractivity contribution in [3.63, 3.8) is 0 Å². The summed E-state index contributed by atoms with van der Waals surface area (Å²) in [5.74, 6) is 0.859. The third-order valence-corrected chi connectivity index (χ3v) is 3.87. The Morgan fingerprint density at radius 1 is 1.30 bits per heavy atom. The van der Waals surface area contributed by atoms with Crippen LogP contribution in [0.25, 0.3) is 0 Å². The summed E-state index contributed by atoms with van der Waals surface area (Å²) in [5, 5.41) is 16.2. The summed E-state index contributed by atoms with van der Waals surface area (Å²) < 4.78 is 5.26. The molecule has 2 rings (SSSR count). The van der Waals surface area contributed by atoms with E-state index in [1.54, 1.807) is 0 Å². The van der Waals surface area contributed by atoms with E-state index in [1.807, 2.05) is 37.3 Å². The Kier molecular flexibility index (Phi) is 8.86. The van der Waals surface area contributed by atoms with Crippen molar-refractivity contribution in [1.29, 1.82) is 0 Å². The molecule has 1 saturated heterocycles. The lowest BCUT2D eigenvalue weighted by Gasteiger charge is -2.36. The van der Waals surface area contributed by atoms with Crippen LogP contribution < -0.4 is 10.6 Å². The molecule has 0 radical (unpaired) electrons. The fourth-order valence-corrected chi connectivity index (χ4v) is 2.39. The minimum absolute atomic E-state index is 0. The van der Waals surface area contributed by atoms with Gasteiger partial charge in [-0.15, -0.1) is 24.0 Å². The van der Waals surface area contributed by atoms with Gasteiger partial charge in [-0.3, -0.25) is 4.99 Å². The number of aliphatic hydroxyl groups excluding tert-OH is 1. The Morgan fingerprint density at radius 3 is 2.52 bits per heavy atom. The second-order valence-corrected chi connectivity index (χ2v) is 6.17. The number of hydrogen-bond acceptors (Lipinski definition) is 3. The number of halogens is 1. The molecule has 0 spiro atoms. The minimum atomic E-state index is 0. The molecule has 5 nitrogen and oxygen atoms in total. The van der Waals surface area contributed by atoms with E-state index in [9.17, 15) is 5.11 Å². The van der Waals surface area contributed by atoms with Crippen LogP contribution in [-0.2, 0) is 4.74 Å². The molecule has 1 unspecified atom stereocenters. The minimum Gasteiger partial charge on any atom is -0.396 e. The van der Waals surface area contributed by atoms with Gasteiger partial charge >= 0.3 is 0 Å². The number of hydrogen-bond donors (Lipinski definition) is 3. The van der Waals surface area contributed by atoms with Crippen molar-refractivity contribution in [3.05, 3.63) is 35.9 Å². The van der Waals surface area contributed by atoms with Crippen LogP contribution in [0.5, 0.6) is 0 Å². The zero-order chi connectivity index (χ0) is 15.8. The predicted molar refractivity (Wildman–Crippen MR) is 105 cm³/mol. The highest BCUT2D eigenvalue weighted by Crippen LogP contribution is 2.26. The van der Waals surface area contributed by atoms with E-state index in [4.69, 9.17) is 4.74 Å². The SMILES string of the molecule is CCNC(=NCC1(C)COC1)NCC(CO)c1ccccc1.I. The fraction of sp³-hybridized carbons (Fsp3) is 0.588. The summed E-state index contributed by atoms with van der Waals surface area (Å²) in [4.78, 5) is 4.64. The lowest BCUT2D eigenvalue weighted by Crippen LogP contribution is -2.45. The lowest BCUT2D eigenvalue weighted by atomic mass is 9.89. The summed E-state index contributed by atoms with van der Waals surface area (Å²) in [5.41, 5.74) is 1.30. The van der Waals surface area contributed by atoms with Gasteiger partial charge in [0, 0.05) is 24.4 Å². The van der Waals surface area contributed by atoms with Crippen LogP contribution in [0.2, 0.25) is 0 Å². The highest BCUT2D eigenvalue weighted by atomic mass is 127. The smallest absolute Gasteiger partial charge is 0.191 e. The summed E-state index contributed by atoms with van der Waals surface area (Å²) in [7, 11) is 0. The van der Waals surface area contributed by atoms with Gasteiger partial charge in [0.1, 0.15) is 0 Å². The Bertz CT molecular complexity index is 478. The van der Waals surface area contributed by atoms with Gasteiger partial charge in [-0.1, -0.05) is 37.3 Å². The number of benzene rings is 1.